The molecular weight excluding hydrogens is 408 g/mol. The fraction of sp³-hybridized carbons (Fsp3) is 0.0769. The highest BCUT2D eigenvalue weighted by Crippen LogP contribution is 2.29. The Morgan fingerprint density at radius 3 is 2.45 bits per heavy atom. The molecule has 0 radical (unpaired) electrons. The number of hydrogen-bond acceptors (Lipinski definition) is 3. The number of benzene rings is 2. The molecule has 0 unspecified atom stereocenters. The fourth-order valence-electron chi connectivity index (χ4n) is 1.75. The summed E-state index contributed by atoms with van der Waals surface area (Å²) in [5.74, 6) is 0. The van der Waals surface area contributed by atoms with Gasteiger partial charge in [0.15, 0.2) is 0 Å². The molecule has 0 aliphatic rings. The van der Waals surface area contributed by atoms with Gasteiger partial charge in [0, 0.05) is 14.6 Å². The van der Waals surface area contributed by atoms with Gasteiger partial charge in [-0.3, -0.25) is 4.72 Å². The molecule has 7 heteroatoms. The summed E-state index contributed by atoms with van der Waals surface area (Å²) < 4.78 is 28.8. The summed E-state index contributed by atoms with van der Waals surface area (Å²) >= 11 is 6.63. The largest absolute Gasteiger partial charge is 0.399 e. The van der Waals surface area contributed by atoms with Gasteiger partial charge in [0.25, 0.3) is 10.0 Å². The van der Waals surface area contributed by atoms with Crippen molar-refractivity contribution in [1.29, 1.82) is 0 Å². The summed E-state index contributed by atoms with van der Waals surface area (Å²) in [5.41, 5.74) is 7.24. The minimum absolute atomic E-state index is 0.207. The minimum Gasteiger partial charge on any atom is -0.399 e. The van der Waals surface area contributed by atoms with Crippen molar-refractivity contribution in [2.24, 2.45) is 0 Å². The molecule has 2 rings (SSSR count). The molecule has 0 aromatic heterocycles. The lowest BCUT2D eigenvalue weighted by Crippen LogP contribution is -2.14. The van der Waals surface area contributed by atoms with E-state index in [4.69, 9.17) is 5.73 Å². The maximum Gasteiger partial charge on any atom is 0.262 e. The van der Waals surface area contributed by atoms with Crippen LogP contribution in [-0.4, -0.2) is 8.42 Å². The summed E-state index contributed by atoms with van der Waals surface area (Å²) in [4.78, 5) is 0.207. The van der Waals surface area contributed by atoms with Gasteiger partial charge in [-0.2, -0.15) is 0 Å². The van der Waals surface area contributed by atoms with Crippen LogP contribution in [0.5, 0.6) is 0 Å². The van der Waals surface area contributed by atoms with Gasteiger partial charge >= 0.3 is 0 Å². The zero-order chi connectivity index (χ0) is 14.9. The van der Waals surface area contributed by atoms with Crippen molar-refractivity contribution < 1.29 is 8.42 Å². The number of rotatable bonds is 3. The SMILES string of the molecule is Cc1cc(N)ccc1S(=O)(=O)Nc1cc(Br)ccc1Br. The van der Waals surface area contributed by atoms with E-state index in [0.29, 0.717) is 21.4 Å². The minimum atomic E-state index is -3.66. The second-order valence-electron chi connectivity index (χ2n) is 4.25. The maximum atomic E-state index is 12.4. The van der Waals surface area contributed by atoms with Gasteiger partial charge in [-0.25, -0.2) is 8.42 Å². The second kappa shape index (κ2) is 5.75. The molecule has 0 heterocycles. The quantitative estimate of drug-likeness (QED) is 0.741. The Kier molecular flexibility index (Phi) is 4.41. The summed E-state index contributed by atoms with van der Waals surface area (Å²) in [6.45, 7) is 1.71. The monoisotopic (exact) mass is 418 g/mol. The molecule has 0 spiro atoms. The fourth-order valence-corrected chi connectivity index (χ4v) is 3.89. The number of nitrogens with two attached hydrogens (primary N) is 1. The Hall–Kier alpha value is -1.05. The molecule has 0 aliphatic carbocycles. The van der Waals surface area contributed by atoms with Crippen LogP contribution < -0.4 is 10.5 Å². The number of aryl methyl sites for hydroxylation is 1. The lowest BCUT2D eigenvalue weighted by Gasteiger charge is -2.12. The maximum absolute atomic E-state index is 12.4. The number of anilines is 2. The van der Waals surface area contributed by atoms with E-state index >= 15 is 0 Å². The topological polar surface area (TPSA) is 72.2 Å². The van der Waals surface area contributed by atoms with Gasteiger partial charge in [-0.15, -0.1) is 0 Å². The summed E-state index contributed by atoms with van der Waals surface area (Å²) in [6.07, 6.45) is 0. The Morgan fingerprint density at radius 1 is 1.10 bits per heavy atom. The molecule has 0 saturated carbocycles. The first-order chi connectivity index (χ1) is 9.29. The van der Waals surface area contributed by atoms with Crippen LogP contribution in [0.15, 0.2) is 50.2 Å². The van der Waals surface area contributed by atoms with Crippen LogP contribution in [0.2, 0.25) is 0 Å². The van der Waals surface area contributed by atoms with Crippen molar-refractivity contribution in [3.8, 4) is 0 Å². The normalized spacial score (nSPS) is 11.3. The summed E-state index contributed by atoms with van der Waals surface area (Å²) in [5, 5.41) is 0. The molecule has 0 fully saturated rings. The van der Waals surface area contributed by atoms with Crippen LogP contribution >= 0.6 is 31.9 Å². The van der Waals surface area contributed by atoms with E-state index in [1.165, 1.54) is 6.07 Å². The Morgan fingerprint density at radius 2 is 1.80 bits per heavy atom. The molecule has 2 aromatic rings. The van der Waals surface area contributed by atoms with E-state index < -0.39 is 10.0 Å². The van der Waals surface area contributed by atoms with E-state index in [1.807, 2.05) is 6.07 Å². The molecule has 4 nitrogen and oxygen atoms in total. The zero-order valence-corrected chi connectivity index (χ0v) is 14.5. The van der Waals surface area contributed by atoms with Crippen LogP contribution in [-0.2, 0) is 10.0 Å². The van der Waals surface area contributed by atoms with E-state index in [9.17, 15) is 8.42 Å². The van der Waals surface area contributed by atoms with E-state index in [2.05, 4.69) is 36.6 Å². The summed E-state index contributed by atoms with van der Waals surface area (Å²) in [7, 11) is -3.66. The zero-order valence-electron chi connectivity index (χ0n) is 10.5. The molecule has 0 aliphatic heterocycles. The lowest BCUT2D eigenvalue weighted by molar-refractivity contribution is 0.600. The van der Waals surface area contributed by atoms with Crippen molar-refractivity contribution in [2.75, 3.05) is 10.5 Å². The third-order valence-corrected chi connectivity index (χ3v) is 5.37. The lowest BCUT2D eigenvalue weighted by atomic mass is 10.2. The van der Waals surface area contributed by atoms with Crippen molar-refractivity contribution in [3.05, 3.63) is 50.9 Å². The van der Waals surface area contributed by atoms with Gasteiger partial charge < -0.3 is 5.73 Å². The van der Waals surface area contributed by atoms with Gasteiger partial charge in [0.1, 0.15) is 0 Å². The van der Waals surface area contributed by atoms with Crippen LogP contribution in [0.3, 0.4) is 0 Å². The standard InChI is InChI=1S/C13H12Br2N2O2S/c1-8-6-10(16)3-5-13(8)20(18,19)17-12-7-9(14)2-4-11(12)15/h2-7,17H,16H2,1H3. The Labute approximate surface area is 134 Å². The number of sulfonamides is 1. The van der Waals surface area contributed by atoms with Crippen molar-refractivity contribution in [2.45, 2.75) is 11.8 Å². The average molecular weight is 420 g/mol. The third kappa shape index (κ3) is 3.34. The van der Waals surface area contributed by atoms with Crippen molar-refractivity contribution >= 4 is 53.3 Å². The third-order valence-electron chi connectivity index (χ3n) is 2.66. The van der Waals surface area contributed by atoms with Crippen LogP contribution in [0.25, 0.3) is 0 Å². The first-order valence-corrected chi connectivity index (χ1v) is 8.70. The van der Waals surface area contributed by atoms with E-state index in [0.717, 1.165) is 4.47 Å². The summed E-state index contributed by atoms with van der Waals surface area (Å²) in [6, 6.07) is 9.96. The van der Waals surface area contributed by atoms with Crippen LogP contribution in [0, 0.1) is 6.92 Å². The predicted molar refractivity (Wildman–Crippen MR) is 88.2 cm³/mol. The number of nitrogen functional groups attached to an aromatic ring is 1. The van der Waals surface area contributed by atoms with Gasteiger partial charge in [-0.05, 0) is 64.8 Å². The molecule has 0 atom stereocenters. The van der Waals surface area contributed by atoms with Crippen molar-refractivity contribution in [3.63, 3.8) is 0 Å². The molecular formula is C13H12Br2N2O2S. The molecule has 0 amide bonds. The average Bonchev–Trinajstić information content (AvgIpc) is 2.33. The Bertz CT molecular complexity index is 761. The van der Waals surface area contributed by atoms with Gasteiger partial charge in [-0.1, -0.05) is 15.9 Å². The first kappa shape index (κ1) is 15.3. The molecule has 0 bridgehead atoms. The number of hydrogen-bond donors (Lipinski definition) is 2. The highest BCUT2D eigenvalue weighted by atomic mass is 79.9. The van der Waals surface area contributed by atoms with E-state index in [1.54, 1.807) is 31.2 Å². The van der Waals surface area contributed by atoms with Crippen molar-refractivity contribution in [1.82, 2.24) is 0 Å². The molecule has 20 heavy (non-hydrogen) atoms. The number of halogens is 2. The van der Waals surface area contributed by atoms with E-state index in [-0.39, 0.29) is 4.90 Å². The van der Waals surface area contributed by atoms with Crippen LogP contribution in [0.1, 0.15) is 5.56 Å². The molecule has 0 saturated heterocycles. The second-order valence-corrected chi connectivity index (χ2v) is 7.68. The van der Waals surface area contributed by atoms with Crippen LogP contribution in [0.4, 0.5) is 11.4 Å². The number of nitrogens with one attached hydrogen (secondary N) is 1. The molecule has 3 N–H and O–H groups in total. The molecule has 2 aromatic carbocycles. The molecule has 106 valence electrons. The highest BCUT2D eigenvalue weighted by Gasteiger charge is 2.18. The first-order valence-electron chi connectivity index (χ1n) is 5.63. The highest BCUT2D eigenvalue weighted by molar-refractivity contribution is 9.11. The predicted octanol–water partition coefficient (Wildman–Crippen LogP) is 3.90. The Balaban J connectivity index is 2.43. The van der Waals surface area contributed by atoms with Gasteiger partial charge in [0.2, 0.25) is 0 Å². The van der Waals surface area contributed by atoms with Gasteiger partial charge in [0.05, 0.1) is 10.6 Å². The smallest absolute Gasteiger partial charge is 0.262 e.